The van der Waals surface area contributed by atoms with E-state index in [0.29, 0.717) is 11.4 Å². The van der Waals surface area contributed by atoms with E-state index in [-0.39, 0.29) is 24.4 Å². The molecule has 0 aromatic carbocycles. The maximum absolute atomic E-state index is 11.6. The molecular formula is C10H16ClN3OS. The highest BCUT2D eigenvalue weighted by Gasteiger charge is 2.09. The van der Waals surface area contributed by atoms with Crippen LogP contribution in [0.3, 0.4) is 0 Å². The van der Waals surface area contributed by atoms with Crippen LogP contribution in [0, 0.1) is 0 Å². The van der Waals surface area contributed by atoms with Crippen LogP contribution in [-0.4, -0.2) is 28.9 Å². The van der Waals surface area contributed by atoms with Crippen molar-refractivity contribution in [2.24, 2.45) is 0 Å². The lowest BCUT2D eigenvalue weighted by molar-refractivity contribution is 0.0939. The molecule has 1 aromatic rings. The number of aromatic nitrogens is 1. The van der Waals surface area contributed by atoms with Crippen molar-refractivity contribution in [2.75, 3.05) is 17.7 Å². The Labute approximate surface area is 106 Å². The first kappa shape index (κ1) is 15.1. The third-order valence-corrected chi connectivity index (χ3v) is 2.65. The SMILES string of the molecule is CSCC(C)NC(=O)c1ccc(N)cn1.Cl. The highest BCUT2D eigenvalue weighted by atomic mass is 35.5. The number of pyridine rings is 1. The van der Waals surface area contributed by atoms with Gasteiger partial charge in [-0.15, -0.1) is 12.4 Å². The van der Waals surface area contributed by atoms with E-state index in [0.717, 1.165) is 5.75 Å². The first-order chi connectivity index (χ1) is 7.13. The van der Waals surface area contributed by atoms with Crippen LogP contribution in [0.2, 0.25) is 0 Å². The van der Waals surface area contributed by atoms with E-state index in [2.05, 4.69) is 10.3 Å². The minimum Gasteiger partial charge on any atom is -0.397 e. The monoisotopic (exact) mass is 261 g/mol. The lowest BCUT2D eigenvalue weighted by atomic mass is 10.3. The number of amides is 1. The number of nitrogens with two attached hydrogens (primary N) is 1. The Morgan fingerprint density at radius 1 is 1.62 bits per heavy atom. The van der Waals surface area contributed by atoms with Crippen LogP contribution in [0.5, 0.6) is 0 Å². The summed E-state index contributed by atoms with van der Waals surface area (Å²) in [7, 11) is 0. The maximum atomic E-state index is 11.6. The zero-order chi connectivity index (χ0) is 11.3. The van der Waals surface area contributed by atoms with Crippen molar-refractivity contribution in [1.29, 1.82) is 0 Å². The van der Waals surface area contributed by atoms with Gasteiger partial charge in [0.1, 0.15) is 5.69 Å². The summed E-state index contributed by atoms with van der Waals surface area (Å²) in [6, 6.07) is 3.43. The first-order valence-corrected chi connectivity index (χ1v) is 6.04. The summed E-state index contributed by atoms with van der Waals surface area (Å²) in [6.45, 7) is 1.96. The molecule has 1 atom stereocenters. The van der Waals surface area contributed by atoms with E-state index in [1.807, 2.05) is 13.2 Å². The Morgan fingerprint density at radius 2 is 2.31 bits per heavy atom. The highest BCUT2D eigenvalue weighted by molar-refractivity contribution is 7.98. The highest BCUT2D eigenvalue weighted by Crippen LogP contribution is 2.02. The smallest absolute Gasteiger partial charge is 0.270 e. The first-order valence-electron chi connectivity index (χ1n) is 4.65. The Morgan fingerprint density at radius 3 is 2.81 bits per heavy atom. The molecule has 4 nitrogen and oxygen atoms in total. The van der Waals surface area contributed by atoms with Gasteiger partial charge in [-0.2, -0.15) is 11.8 Å². The van der Waals surface area contributed by atoms with Gasteiger partial charge in [-0.1, -0.05) is 0 Å². The van der Waals surface area contributed by atoms with Crippen LogP contribution >= 0.6 is 24.2 Å². The van der Waals surface area contributed by atoms with Gasteiger partial charge < -0.3 is 11.1 Å². The second kappa shape index (κ2) is 7.35. The second-order valence-electron chi connectivity index (χ2n) is 3.31. The van der Waals surface area contributed by atoms with Crippen LogP contribution in [-0.2, 0) is 0 Å². The van der Waals surface area contributed by atoms with E-state index in [9.17, 15) is 4.79 Å². The third-order valence-electron chi connectivity index (χ3n) is 1.81. The van der Waals surface area contributed by atoms with E-state index >= 15 is 0 Å². The number of nitrogen functional groups attached to an aromatic ring is 1. The van der Waals surface area contributed by atoms with Crippen molar-refractivity contribution in [3.8, 4) is 0 Å². The molecule has 1 heterocycles. The Kier molecular flexibility index (Phi) is 6.92. The minimum atomic E-state index is -0.156. The molecule has 1 amide bonds. The van der Waals surface area contributed by atoms with Gasteiger partial charge in [0.2, 0.25) is 0 Å². The van der Waals surface area contributed by atoms with Crippen molar-refractivity contribution in [3.63, 3.8) is 0 Å². The Hall–Kier alpha value is -0.940. The number of halogens is 1. The van der Waals surface area contributed by atoms with Gasteiger partial charge in [0.05, 0.1) is 11.9 Å². The summed E-state index contributed by atoms with van der Waals surface area (Å²) in [6.07, 6.45) is 3.48. The zero-order valence-corrected chi connectivity index (χ0v) is 10.9. The number of thioether (sulfide) groups is 1. The standard InChI is InChI=1S/C10H15N3OS.ClH/c1-7(6-15-2)13-10(14)9-4-3-8(11)5-12-9;/h3-5,7H,6,11H2,1-2H3,(H,13,14);1H. The summed E-state index contributed by atoms with van der Waals surface area (Å²) in [5, 5.41) is 2.85. The molecule has 0 bridgehead atoms. The fourth-order valence-corrected chi connectivity index (χ4v) is 1.71. The van der Waals surface area contributed by atoms with Crippen molar-refractivity contribution < 1.29 is 4.79 Å². The van der Waals surface area contributed by atoms with Crippen molar-refractivity contribution in [3.05, 3.63) is 24.0 Å². The van der Waals surface area contributed by atoms with Gasteiger partial charge in [-0.3, -0.25) is 4.79 Å². The number of carbonyl (C=O) groups is 1. The fourth-order valence-electron chi connectivity index (χ4n) is 1.13. The zero-order valence-electron chi connectivity index (χ0n) is 9.27. The second-order valence-corrected chi connectivity index (χ2v) is 4.22. The predicted molar refractivity (Wildman–Crippen MR) is 71.2 cm³/mol. The topological polar surface area (TPSA) is 68.0 Å². The average Bonchev–Trinajstić information content (AvgIpc) is 2.18. The van der Waals surface area contributed by atoms with Gasteiger partial charge in [-0.25, -0.2) is 4.98 Å². The number of nitrogens with one attached hydrogen (secondary N) is 1. The predicted octanol–water partition coefficient (Wildman–Crippen LogP) is 1.57. The van der Waals surface area contributed by atoms with Gasteiger partial charge in [0, 0.05) is 11.8 Å². The molecule has 0 saturated carbocycles. The van der Waals surface area contributed by atoms with Gasteiger partial charge in [-0.05, 0) is 25.3 Å². The molecule has 90 valence electrons. The number of carbonyl (C=O) groups excluding carboxylic acids is 1. The van der Waals surface area contributed by atoms with Crippen molar-refractivity contribution in [1.82, 2.24) is 10.3 Å². The molecule has 6 heteroatoms. The van der Waals surface area contributed by atoms with Gasteiger partial charge in [0.15, 0.2) is 0 Å². The molecule has 0 aliphatic carbocycles. The molecule has 0 radical (unpaired) electrons. The number of hydrogen-bond donors (Lipinski definition) is 2. The number of anilines is 1. The molecule has 0 spiro atoms. The maximum Gasteiger partial charge on any atom is 0.270 e. The molecule has 0 fully saturated rings. The summed E-state index contributed by atoms with van der Waals surface area (Å²) in [5.74, 6) is 0.734. The molecule has 0 saturated heterocycles. The molecule has 1 rings (SSSR count). The number of rotatable bonds is 4. The number of nitrogens with zero attached hydrogens (tertiary/aromatic N) is 1. The lowest BCUT2D eigenvalue weighted by Crippen LogP contribution is -2.34. The van der Waals surface area contributed by atoms with E-state index in [1.165, 1.54) is 6.20 Å². The molecule has 16 heavy (non-hydrogen) atoms. The normalized spacial score (nSPS) is 11.4. The molecule has 0 aliphatic rings. The molecular weight excluding hydrogens is 246 g/mol. The van der Waals surface area contributed by atoms with Crippen molar-refractivity contribution in [2.45, 2.75) is 13.0 Å². The summed E-state index contributed by atoms with van der Waals surface area (Å²) in [5.41, 5.74) is 6.44. The van der Waals surface area contributed by atoms with Gasteiger partial charge in [0.25, 0.3) is 5.91 Å². The van der Waals surface area contributed by atoms with Crippen LogP contribution < -0.4 is 11.1 Å². The van der Waals surface area contributed by atoms with E-state index in [4.69, 9.17) is 5.73 Å². The summed E-state index contributed by atoms with van der Waals surface area (Å²) >= 11 is 1.69. The fraction of sp³-hybridized carbons (Fsp3) is 0.400. The van der Waals surface area contributed by atoms with E-state index in [1.54, 1.807) is 23.9 Å². The lowest BCUT2D eigenvalue weighted by Gasteiger charge is -2.11. The van der Waals surface area contributed by atoms with Gasteiger partial charge >= 0.3 is 0 Å². The number of hydrogen-bond acceptors (Lipinski definition) is 4. The molecule has 3 N–H and O–H groups in total. The Bertz CT molecular complexity index is 331. The average molecular weight is 262 g/mol. The summed E-state index contributed by atoms with van der Waals surface area (Å²) in [4.78, 5) is 15.6. The van der Waals surface area contributed by atoms with Crippen LogP contribution in [0.4, 0.5) is 5.69 Å². The molecule has 1 unspecified atom stereocenters. The van der Waals surface area contributed by atoms with Crippen LogP contribution in [0.15, 0.2) is 18.3 Å². The summed E-state index contributed by atoms with van der Waals surface area (Å²) < 4.78 is 0. The van der Waals surface area contributed by atoms with Crippen LogP contribution in [0.1, 0.15) is 17.4 Å². The molecule has 0 aliphatic heterocycles. The quantitative estimate of drug-likeness (QED) is 0.863. The van der Waals surface area contributed by atoms with E-state index < -0.39 is 0 Å². The van der Waals surface area contributed by atoms with Crippen LogP contribution in [0.25, 0.3) is 0 Å². The van der Waals surface area contributed by atoms with Crippen molar-refractivity contribution >= 4 is 35.8 Å². The third kappa shape index (κ3) is 4.72. The minimum absolute atomic E-state index is 0. The Balaban J connectivity index is 0.00000225. The molecule has 1 aromatic heterocycles. The largest absolute Gasteiger partial charge is 0.397 e.